The quantitative estimate of drug-likeness (QED) is 0.622. The van der Waals surface area contributed by atoms with Gasteiger partial charge in [0.15, 0.2) is 12.3 Å². The highest BCUT2D eigenvalue weighted by Crippen LogP contribution is 2.34. The largest absolute Gasteiger partial charge is 0.457 e. The summed E-state index contributed by atoms with van der Waals surface area (Å²) in [5.41, 5.74) is 5.42. The Morgan fingerprint density at radius 1 is 1.58 bits per heavy atom. The second-order valence-corrected chi connectivity index (χ2v) is 3.38. The lowest BCUT2D eigenvalue weighted by atomic mass is 9.99. The maximum Gasteiger partial charge on any atom is 0.285 e. The number of rotatable bonds is 1. The van der Waals surface area contributed by atoms with Crippen molar-refractivity contribution in [2.45, 2.75) is 38.7 Å². The van der Waals surface area contributed by atoms with Crippen molar-refractivity contribution >= 4 is 6.02 Å². The van der Waals surface area contributed by atoms with Gasteiger partial charge in [-0.05, 0) is 6.42 Å². The van der Waals surface area contributed by atoms with Crippen LogP contribution in [0.25, 0.3) is 0 Å². The van der Waals surface area contributed by atoms with Crippen LogP contribution in [0.2, 0.25) is 0 Å². The minimum atomic E-state index is -0.148. The zero-order valence-corrected chi connectivity index (χ0v) is 7.36. The van der Waals surface area contributed by atoms with Gasteiger partial charge < -0.3 is 15.2 Å². The van der Waals surface area contributed by atoms with Gasteiger partial charge in [-0.15, -0.1) is 0 Å². The molecular formula is C8H14N2O2. The molecule has 0 aromatic rings. The highest BCUT2D eigenvalue weighted by Gasteiger charge is 2.46. The molecule has 1 saturated heterocycles. The number of fused-ring (bicyclic) bond motifs is 1. The summed E-state index contributed by atoms with van der Waals surface area (Å²) in [6.45, 7) is 4.22. The average Bonchev–Trinajstić information content (AvgIpc) is 2.51. The fourth-order valence-corrected chi connectivity index (χ4v) is 1.88. The molecule has 4 heteroatoms. The number of amidine groups is 1. The molecular weight excluding hydrogens is 156 g/mol. The van der Waals surface area contributed by atoms with E-state index in [1.807, 2.05) is 0 Å². The van der Waals surface area contributed by atoms with Crippen LogP contribution in [0, 0.1) is 5.92 Å². The van der Waals surface area contributed by atoms with Crippen molar-refractivity contribution in [1.29, 1.82) is 0 Å². The summed E-state index contributed by atoms with van der Waals surface area (Å²) in [7, 11) is 0. The van der Waals surface area contributed by atoms with Gasteiger partial charge >= 0.3 is 0 Å². The zero-order valence-electron chi connectivity index (χ0n) is 7.36. The molecule has 2 aliphatic heterocycles. The van der Waals surface area contributed by atoms with Crippen LogP contribution < -0.4 is 5.73 Å². The molecule has 2 rings (SSSR count). The van der Waals surface area contributed by atoms with E-state index in [-0.39, 0.29) is 24.5 Å². The number of hydrogen-bond donors (Lipinski definition) is 1. The average molecular weight is 170 g/mol. The summed E-state index contributed by atoms with van der Waals surface area (Å²) in [4.78, 5) is 4.05. The summed E-state index contributed by atoms with van der Waals surface area (Å²) >= 11 is 0. The first-order valence-electron chi connectivity index (χ1n) is 4.37. The maximum absolute atomic E-state index is 5.62. The Labute approximate surface area is 71.7 Å². The number of hydrogen-bond acceptors (Lipinski definition) is 4. The molecule has 0 saturated carbocycles. The lowest BCUT2D eigenvalue weighted by molar-refractivity contribution is 0.0317. The molecule has 0 aliphatic carbocycles. The molecule has 0 aromatic carbocycles. The standard InChI is InChI=1S/C8H14N2O2/c1-3-5-4(2)6-7(11-5)10-8(9)12-6/h4-7H,3H2,1-2H3,(H2,9,10). The van der Waals surface area contributed by atoms with Crippen LogP contribution in [0.15, 0.2) is 4.99 Å². The van der Waals surface area contributed by atoms with Crippen LogP contribution in [0.4, 0.5) is 0 Å². The summed E-state index contributed by atoms with van der Waals surface area (Å²) in [6, 6.07) is 0.270. The topological polar surface area (TPSA) is 56.8 Å². The van der Waals surface area contributed by atoms with Gasteiger partial charge in [-0.25, -0.2) is 0 Å². The lowest BCUT2D eigenvalue weighted by Gasteiger charge is -2.15. The molecule has 2 N–H and O–H groups in total. The second kappa shape index (κ2) is 2.62. The normalized spacial score (nSPS) is 45.3. The van der Waals surface area contributed by atoms with E-state index in [4.69, 9.17) is 15.2 Å². The smallest absolute Gasteiger partial charge is 0.285 e. The molecule has 0 amide bonds. The minimum absolute atomic E-state index is 0.0509. The van der Waals surface area contributed by atoms with Crippen molar-refractivity contribution in [3.05, 3.63) is 0 Å². The highest BCUT2D eigenvalue weighted by molar-refractivity contribution is 5.73. The van der Waals surface area contributed by atoms with E-state index in [0.29, 0.717) is 5.92 Å². The summed E-state index contributed by atoms with van der Waals surface area (Å²) in [5, 5.41) is 0. The molecule has 68 valence electrons. The van der Waals surface area contributed by atoms with Crippen molar-refractivity contribution in [2.75, 3.05) is 0 Å². The summed E-state index contributed by atoms with van der Waals surface area (Å²) in [6.07, 6.45) is 1.18. The zero-order chi connectivity index (χ0) is 8.72. The van der Waals surface area contributed by atoms with Crippen LogP contribution in [0.3, 0.4) is 0 Å². The van der Waals surface area contributed by atoms with Gasteiger partial charge in [0.05, 0.1) is 6.10 Å². The first-order chi connectivity index (χ1) is 5.72. The molecule has 0 bridgehead atoms. The van der Waals surface area contributed by atoms with E-state index >= 15 is 0 Å². The van der Waals surface area contributed by atoms with E-state index in [1.54, 1.807) is 0 Å². The Hall–Kier alpha value is -0.770. The molecule has 0 spiro atoms. The molecule has 0 aromatic heterocycles. The van der Waals surface area contributed by atoms with E-state index < -0.39 is 0 Å². The number of nitrogens with zero attached hydrogens (tertiary/aromatic N) is 1. The first-order valence-corrected chi connectivity index (χ1v) is 4.37. The Morgan fingerprint density at radius 3 is 2.92 bits per heavy atom. The number of nitrogens with two attached hydrogens (primary N) is 1. The van der Waals surface area contributed by atoms with Crippen LogP contribution in [0.5, 0.6) is 0 Å². The molecule has 4 unspecified atom stereocenters. The van der Waals surface area contributed by atoms with E-state index in [2.05, 4.69) is 18.8 Å². The van der Waals surface area contributed by atoms with Crippen LogP contribution >= 0.6 is 0 Å². The third kappa shape index (κ3) is 0.982. The minimum Gasteiger partial charge on any atom is -0.457 e. The third-order valence-corrected chi connectivity index (χ3v) is 2.61. The Balaban J connectivity index is 2.10. The molecule has 1 fully saturated rings. The summed E-state index contributed by atoms with van der Waals surface area (Å²) < 4.78 is 11.0. The Morgan fingerprint density at radius 2 is 2.33 bits per heavy atom. The van der Waals surface area contributed by atoms with Gasteiger partial charge in [-0.3, -0.25) is 0 Å². The number of ether oxygens (including phenoxy) is 2. The molecule has 2 heterocycles. The molecule has 4 atom stereocenters. The Bertz CT molecular complexity index is 217. The maximum atomic E-state index is 5.62. The van der Waals surface area contributed by atoms with Gasteiger partial charge in [-0.2, -0.15) is 4.99 Å². The van der Waals surface area contributed by atoms with Gasteiger partial charge in [0, 0.05) is 5.92 Å². The third-order valence-electron chi connectivity index (χ3n) is 2.61. The first kappa shape index (κ1) is 7.86. The van der Waals surface area contributed by atoms with Crippen molar-refractivity contribution < 1.29 is 9.47 Å². The fraction of sp³-hybridized carbons (Fsp3) is 0.875. The Kier molecular flexibility index (Phi) is 1.72. The van der Waals surface area contributed by atoms with Crippen LogP contribution in [0.1, 0.15) is 20.3 Å². The monoisotopic (exact) mass is 170 g/mol. The fourth-order valence-electron chi connectivity index (χ4n) is 1.88. The van der Waals surface area contributed by atoms with E-state index in [1.165, 1.54) is 0 Å². The number of aliphatic imine (C=N–C) groups is 1. The predicted molar refractivity (Wildman–Crippen MR) is 44.6 cm³/mol. The predicted octanol–water partition coefficient (Wildman–Crippen LogP) is 0.471. The van der Waals surface area contributed by atoms with Gasteiger partial charge in [-0.1, -0.05) is 13.8 Å². The second-order valence-electron chi connectivity index (χ2n) is 3.38. The van der Waals surface area contributed by atoms with Gasteiger partial charge in [0.2, 0.25) is 0 Å². The van der Waals surface area contributed by atoms with Crippen molar-refractivity contribution in [2.24, 2.45) is 16.6 Å². The van der Waals surface area contributed by atoms with E-state index in [9.17, 15) is 0 Å². The molecule has 12 heavy (non-hydrogen) atoms. The molecule has 0 radical (unpaired) electrons. The van der Waals surface area contributed by atoms with Crippen LogP contribution in [-0.2, 0) is 9.47 Å². The van der Waals surface area contributed by atoms with Crippen molar-refractivity contribution in [1.82, 2.24) is 0 Å². The highest BCUT2D eigenvalue weighted by atomic mass is 16.6. The van der Waals surface area contributed by atoms with Crippen LogP contribution in [-0.4, -0.2) is 24.5 Å². The SMILES string of the molecule is CCC1OC2N=C(N)OC2C1C. The van der Waals surface area contributed by atoms with Crippen molar-refractivity contribution in [3.63, 3.8) is 0 Å². The molecule has 4 nitrogen and oxygen atoms in total. The van der Waals surface area contributed by atoms with Crippen molar-refractivity contribution in [3.8, 4) is 0 Å². The summed E-state index contributed by atoms with van der Waals surface area (Å²) in [5.74, 6) is 0.393. The lowest BCUT2D eigenvalue weighted by Crippen LogP contribution is -2.26. The molecule has 2 aliphatic rings. The van der Waals surface area contributed by atoms with Gasteiger partial charge in [0.25, 0.3) is 6.02 Å². The van der Waals surface area contributed by atoms with E-state index in [0.717, 1.165) is 6.42 Å². The van der Waals surface area contributed by atoms with Gasteiger partial charge in [0.1, 0.15) is 0 Å².